The van der Waals surface area contributed by atoms with Crippen LogP contribution >= 0.6 is 0 Å². The topological polar surface area (TPSA) is 38.1 Å². The van der Waals surface area contributed by atoms with E-state index in [4.69, 9.17) is 4.42 Å². The Morgan fingerprint density at radius 1 is 1.57 bits per heavy atom. The van der Waals surface area contributed by atoms with Gasteiger partial charge >= 0.3 is 0 Å². The minimum absolute atomic E-state index is 0.681. The van der Waals surface area contributed by atoms with E-state index in [0.29, 0.717) is 5.92 Å². The van der Waals surface area contributed by atoms with E-state index in [9.17, 15) is 0 Å². The lowest BCUT2D eigenvalue weighted by molar-refractivity contribution is 0.417. The van der Waals surface area contributed by atoms with Crippen molar-refractivity contribution in [3.05, 3.63) is 17.8 Å². The van der Waals surface area contributed by atoms with Crippen LogP contribution in [-0.2, 0) is 12.8 Å². The molecule has 0 saturated carbocycles. The number of oxazole rings is 1. The third-order valence-corrected chi connectivity index (χ3v) is 2.44. The number of nitrogens with zero attached hydrogens (tertiary/aromatic N) is 1. The zero-order valence-electron chi connectivity index (χ0n) is 9.34. The molecule has 0 saturated heterocycles. The molecule has 0 fully saturated rings. The summed E-state index contributed by atoms with van der Waals surface area (Å²) >= 11 is 0. The summed E-state index contributed by atoms with van der Waals surface area (Å²) in [6, 6.07) is 0. The molecule has 1 N–H and O–H groups in total. The Labute approximate surface area is 85.9 Å². The Morgan fingerprint density at radius 2 is 2.36 bits per heavy atom. The van der Waals surface area contributed by atoms with Gasteiger partial charge in [0.05, 0.1) is 6.20 Å². The Hall–Kier alpha value is -0.830. The van der Waals surface area contributed by atoms with E-state index in [-0.39, 0.29) is 0 Å². The molecule has 14 heavy (non-hydrogen) atoms. The highest BCUT2D eigenvalue weighted by atomic mass is 16.4. The fourth-order valence-corrected chi connectivity index (χ4v) is 1.28. The van der Waals surface area contributed by atoms with Crippen LogP contribution in [0, 0.1) is 5.92 Å². The molecule has 3 nitrogen and oxygen atoms in total. The summed E-state index contributed by atoms with van der Waals surface area (Å²) in [5, 5.41) is 3.08. The van der Waals surface area contributed by atoms with Gasteiger partial charge in [-0.05, 0) is 13.0 Å². The van der Waals surface area contributed by atoms with Crippen molar-refractivity contribution in [1.29, 1.82) is 0 Å². The van der Waals surface area contributed by atoms with Crippen LogP contribution in [0.2, 0.25) is 0 Å². The molecule has 0 amide bonds. The molecule has 3 heteroatoms. The van der Waals surface area contributed by atoms with Crippen molar-refractivity contribution < 1.29 is 4.42 Å². The predicted molar refractivity (Wildman–Crippen MR) is 57.3 cm³/mol. The van der Waals surface area contributed by atoms with E-state index in [1.807, 2.05) is 13.2 Å². The van der Waals surface area contributed by atoms with E-state index in [0.717, 1.165) is 31.0 Å². The zero-order valence-corrected chi connectivity index (χ0v) is 9.34. The molecular weight excluding hydrogens is 176 g/mol. The first kappa shape index (κ1) is 11.2. The van der Waals surface area contributed by atoms with Gasteiger partial charge in [-0.15, -0.1) is 0 Å². The van der Waals surface area contributed by atoms with Crippen LogP contribution in [0.15, 0.2) is 10.6 Å². The van der Waals surface area contributed by atoms with E-state index < -0.39 is 0 Å². The maximum Gasteiger partial charge on any atom is 0.195 e. The van der Waals surface area contributed by atoms with Crippen LogP contribution in [-0.4, -0.2) is 18.6 Å². The normalized spacial score (nSPS) is 13.1. The van der Waals surface area contributed by atoms with Crippen molar-refractivity contribution in [2.24, 2.45) is 5.92 Å². The second kappa shape index (κ2) is 5.81. The molecule has 1 aromatic heterocycles. The average molecular weight is 196 g/mol. The van der Waals surface area contributed by atoms with Crippen molar-refractivity contribution in [1.82, 2.24) is 10.3 Å². The minimum atomic E-state index is 0.681. The standard InChI is InChI=1S/C11H20N2O/c1-4-9(2)7-10-8-13-11(14-10)5-6-12-3/h8-9,12H,4-7H2,1-3H3. The maximum absolute atomic E-state index is 5.61. The molecule has 0 aliphatic heterocycles. The summed E-state index contributed by atoms with van der Waals surface area (Å²) in [4.78, 5) is 4.23. The molecule has 1 heterocycles. The van der Waals surface area contributed by atoms with Crippen molar-refractivity contribution >= 4 is 0 Å². The van der Waals surface area contributed by atoms with E-state index in [2.05, 4.69) is 24.1 Å². The highest BCUT2D eigenvalue weighted by molar-refractivity contribution is 4.95. The Balaban J connectivity index is 2.42. The molecule has 0 aliphatic rings. The van der Waals surface area contributed by atoms with Gasteiger partial charge in [-0.3, -0.25) is 0 Å². The van der Waals surface area contributed by atoms with Gasteiger partial charge in [0.2, 0.25) is 0 Å². The fraction of sp³-hybridized carbons (Fsp3) is 0.727. The smallest absolute Gasteiger partial charge is 0.195 e. The first-order valence-corrected chi connectivity index (χ1v) is 5.34. The lowest BCUT2D eigenvalue weighted by Crippen LogP contribution is -2.10. The minimum Gasteiger partial charge on any atom is -0.446 e. The highest BCUT2D eigenvalue weighted by Crippen LogP contribution is 2.12. The van der Waals surface area contributed by atoms with Crippen molar-refractivity contribution in [2.45, 2.75) is 33.1 Å². The first-order chi connectivity index (χ1) is 6.76. The first-order valence-electron chi connectivity index (χ1n) is 5.34. The summed E-state index contributed by atoms with van der Waals surface area (Å²) in [6.07, 6.45) is 4.92. The number of rotatable bonds is 6. The summed E-state index contributed by atoms with van der Waals surface area (Å²) in [5.41, 5.74) is 0. The summed E-state index contributed by atoms with van der Waals surface area (Å²) in [6.45, 7) is 5.35. The van der Waals surface area contributed by atoms with Crippen LogP contribution in [0.4, 0.5) is 0 Å². The van der Waals surface area contributed by atoms with Gasteiger partial charge in [0.15, 0.2) is 5.89 Å². The van der Waals surface area contributed by atoms with Crippen LogP contribution in [0.3, 0.4) is 0 Å². The average Bonchev–Trinajstić information content (AvgIpc) is 2.62. The SMILES string of the molecule is CCC(C)Cc1cnc(CCNC)o1. The number of likely N-dealkylation sites (N-methyl/N-ethyl adjacent to an activating group) is 1. The molecule has 0 bridgehead atoms. The fourth-order valence-electron chi connectivity index (χ4n) is 1.28. The number of nitrogens with one attached hydrogen (secondary N) is 1. The molecule has 0 radical (unpaired) electrons. The van der Waals surface area contributed by atoms with Crippen LogP contribution in [0.5, 0.6) is 0 Å². The van der Waals surface area contributed by atoms with Gasteiger partial charge in [0, 0.05) is 19.4 Å². The molecule has 1 rings (SSSR count). The molecular formula is C11H20N2O. The predicted octanol–water partition coefficient (Wildman–Crippen LogP) is 2.03. The lowest BCUT2D eigenvalue weighted by atomic mass is 10.0. The van der Waals surface area contributed by atoms with Crippen molar-refractivity contribution in [3.8, 4) is 0 Å². The van der Waals surface area contributed by atoms with E-state index >= 15 is 0 Å². The van der Waals surface area contributed by atoms with Crippen LogP contribution in [0.25, 0.3) is 0 Å². The van der Waals surface area contributed by atoms with Crippen molar-refractivity contribution in [3.63, 3.8) is 0 Å². The largest absolute Gasteiger partial charge is 0.446 e. The van der Waals surface area contributed by atoms with Gasteiger partial charge in [-0.2, -0.15) is 0 Å². The third-order valence-electron chi connectivity index (χ3n) is 2.44. The molecule has 1 atom stereocenters. The van der Waals surface area contributed by atoms with Gasteiger partial charge in [-0.1, -0.05) is 20.3 Å². The van der Waals surface area contributed by atoms with Gasteiger partial charge < -0.3 is 9.73 Å². The maximum atomic E-state index is 5.61. The third kappa shape index (κ3) is 3.50. The molecule has 0 aromatic carbocycles. The van der Waals surface area contributed by atoms with E-state index in [1.54, 1.807) is 0 Å². The molecule has 0 spiro atoms. The molecule has 80 valence electrons. The Kier molecular flexibility index (Phi) is 4.66. The number of hydrogen-bond donors (Lipinski definition) is 1. The van der Waals surface area contributed by atoms with Gasteiger partial charge in [-0.25, -0.2) is 4.98 Å². The summed E-state index contributed by atoms with van der Waals surface area (Å²) in [7, 11) is 1.93. The second-order valence-electron chi connectivity index (χ2n) is 3.79. The Morgan fingerprint density at radius 3 is 3.00 bits per heavy atom. The number of aromatic nitrogens is 1. The summed E-state index contributed by atoms with van der Waals surface area (Å²) < 4.78 is 5.61. The van der Waals surface area contributed by atoms with Crippen LogP contribution < -0.4 is 5.32 Å². The Bertz CT molecular complexity index is 258. The monoisotopic (exact) mass is 196 g/mol. The van der Waals surface area contributed by atoms with Gasteiger partial charge in [0.1, 0.15) is 5.76 Å². The van der Waals surface area contributed by atoms with Gasteiger partial charge in [0.25, 0.3) is 0 Å². The highest BCUT2D eigenvalue weighted by Gasteiger charge is 2.06. The van der Waals surface area contributed by atoms with E-state index in [1.165, 1.54) is 6.42 Å². The number of hydrogen-bond acceptors (Lipinski definition) is 3. The summed E-state index contributed by atoms with van der Waals surface area (Å²) in [5.74, 6) is 2.54. The molecule has 1 unspecified atom stereocenters. The lowest BCUT2D eigenvalue weighted by Gasteiger charge is -2.03. The van der Waals surface area contributed by atoms with Crippen molar-refractivity contribution in [2.75, 3.05) is 13.6 Å². The molecule has 1 aromatic rings. The quantitative estimate of drug-likeness (QED) is 0.756. The second-order valence-corrected chi connectivity index (χ2v) is 3.79. The molecule has 0 aliphatic carbocycles. The zero-order chi connectivity index (χ0) is 10.4. The van der Waals surface area contributed by atoms with Crippen LogP contribution in [0.1, 0.15) is 31.9 Å².